The number of hydrogen-bond acceptors (Lipinski definition) is 9. The van der Waals surface area contributed by atoms with Crippen molar-refractivity contribution in [3.63, 3.8) is 0 Å². The molecule has 0 fully saturated rings. The summed E-state index contributed by atoms with van der Waals surface area (Å²) >= 11 is 4.16. The molecule has 5 rings (SSSR count). The maximum Gasteiger partial charge on any atom is 0.410 e. The largest absolute Gasteiger partial charge is 0.450 e. The Morgan fingerprint density at radius 3 is 2.84 bits per heavy atom. The van der Waals surface area contributed by atoms with Crippen molar-refractivity contribution >= 4 is 61.4 Å². The lowest BCUT2D eigenvalue weighted by molar-refractivity contribution is 0.102. The highest BCUT2D eigenvalue weighted by atomic mass is 32.1. The molecule has 0 unspecified atom stereocenters. The van der Waals surface area contributed by atoms with E-state index in [0.717, 1.165) is 47.8 Å². The lowest BCUT2D eigenvalue weighted by atomic mass is 10.0. The second-order valence-corrected chi connectivity index (χ2v) is 10.1. The fourth-order valence-electron chi connectivity index (χ4n) is 3.67. The number of hydrogen-bond donors (Lipinski definition) is 1. The van der Waals surface area contributed by atoms with Crippen LogP contribution in [-0.2, 0) is 17.7 Å². The number of carbonyl (C=O) groups excluding carboxylic acids is 2. The molecular formula is C21H19N5O3S3. The van der Waals surface area contributed by atoms with Crippen molar-refractivity contribution in [3.8, 4) is 10.6 Å². The molecule has 0 saturated carbocycles. The highest BCUT2D eigenvalue weighted by Crippen LogP contribution is 2.46. The second-order valence-electron chi connectivity index (χ2n) is 7.21. The Morgan fingerprint density at radius 1 is 1.25 bits per heavy atom. The molecule has 0 bridgehead atoms. The number of benzene rings is 1. The average Bonchev–Trinajstić information content (AvgIpc) is 3.48. The van der Waals surface area contributed by atoms with Gasteiger partial charge in [-0.1, -0.05) is 16.6 Å². The first-order valence-corrected chi connectivity index (χ1v) is 12.5. The molecular weight excluding hydrogens is 466 g/mol. The van der Waals surface area contributed by atoms with Crippen LogP contribution < -0.4 is 5.32 Å². The van der Waals surface area contributed by atoms with Crippen molar-refractivity contribution in [1.82, 2.24) is 19.5 Å². The number of aryl methyl sites for hydroxylation is 1. The summed E-state index contributed by atoms with van der Waals surface area (Å²) in [6, 6.07) is 7.99. The van der Waals surface area contributed by atoms with Crippen LogP contribution in [0.4, 0.5) is 9.80 Å². The number of thiophene rings is 1. The zero-order chi connectivity index (χ0) is 22.2. The number of fused-ring (bicyclic) bond motifs is 2. The van der Waals surface area contributed by atoms with Crippen LogP contribution in [0.15, 0.2) is 24.3 Å². The van der Waals surface area contributed by atoms with Gasteiger partial charge in [-0.05, 0) is 49.5 Å². The molecule has 11 heteroatoms. The van der Waals surface area contributed by atoms with Crippen molar-refractivity contribution in [2.45, 2.75) is 26.8 Å². The van der Waals surface area contributed by atoms with E-state index in [4.69, 9.17) is 9.72 Å². The molecule has 0 aliphatic carbocycles. The summed E-state index contributed by atoms with van der Waals surface area (Å²) in [6.45, 7) is 4.92. The number of amides is 2. The number of aromatic nitrogens is 3. The molecule has 4 heterocycles. The molecule has 3 aromatic heterocycles. The Kier molecular flexibility index (Phi) is 5.62. The van der Waals surface area contributed by atoms with Crippen molar-refractivity contribution in [1.29, 1.82) is 0 Å². The van der Waals surface area contributed by atoms with Gasteiger partial charge in [-0.2, -0.15) is 0 Å². The predicted molar refractivity (Wildman–Crippen MR) is 127 cm³/mol. The Morgan fingerprint density at radius 2 is 2.09 bits per heavy atom. The topological polar surface area (TPSA) is 97.3 Å². The van der Waals surface area contributed by atoms with Gasteiger partial charge in [0.1, 0.15) is 14.9 Å². The fraction of sp³-hybridized carbons (Fsp3) is 0.286. The third-order valence-electron chi connectivity index (χ3n) is 5.18. The van der Waals surface area contributed by atoms with E-state index in [9.17, 15) is 9.59 Å². The van der Waals surface area contributed by atoms with E-state index < -0.39 is 0 Å². The van der Waals surface area contributed by atoms with E-state index in [0.29, 0.717) is 36.7 Å². The summed E-state index contributed by atoms with van der Waals surface area (Å²) < 4.78 is 10.1. The summed E-state index contributed by atoms with van der Waals surface area (Å²) in [6.07, 6.45) is 0.359. The van der Waals surface area contributed by atoms with Gasteiger partial charge < -0.3 is 15.0 Å². The Hall–Kier alpha value is -2.89. The first-order chi connectivity index (χ1) is 15.5. The molecule has 0 atom stereocenters. The standard InChI is InChI=1S/C21H19N5O3S3/c1-3-29-21(28)26-9-8-12-15(10-26)31-20(23-18(27)17-11(2)24-25-32-17)16(12)19-22-13-6-4-5-7-14(13)30-19/h4-7H,3,8-10H2,1-2H3,(H,23,27). The van der Waals surface area contributed by atoms with Crippen molar-refractivity contribution < 1.29 is 14.3 Å². The molecule has 0 saturated heterocycles. The first-order valence-electron chi connectivity index (χ1n) is 10.1. The van der Waals surface area contributed by atoms with Crippen LogP contribution in [0.2, 0.25) is 0 Å². The first kappa shape index (κ1) is 21.0. The van der Waals surface area contributed by atoms with Crippen molar-refractivity contribution in [3.05, 3.63) is 45.3 Å². The number of anilines is 1. The van der Waals surface area contributed by atoms with E-state index in [1.807, 2.05) is 24.3 Å². The quantitative estimate of drug-likeness (QED) is 0.439. The van der Waals surface area contributed by atoms with Gasteiger partial charge in [0.2, 0.25) is 0 Å². The van der Waals surface area contributed by atoms with Crippen LogP contribution in [-0.4, -0.2) is 44.6 Å². The number of thiazole rings is 1. The van der Waals surface area contributed by atoms with E-state index in [1.165, 1.54) is 11.3 Å². The maximum atomic E-state index is 12.9. The van der Waals surface area contributed by atoms with Gasteiger partial charge in [0, 0.05) is 17.0 Å². The Bertz CT molecular complexity index is 1290. The minimum Gasteiger partial charge on any atom is -0.450 e. The summed E-state index contributed by atoms with van der Waals surface area (Å²) in [4.78, 5) is 33.3. The zero-order valence-corrected chi connectivity index (χ0v) is 19.8. The SMILES string of the molecule is CCOC(=O)N1CCc2c(sc(NC(=O)c3snnc3C)c2-c2nc3ccccc3s2)C1. The summed E-state index contributed by atoms with van der Waals surface area (Å²) in [7, 11) is 0. The molecule has 1 N–H and O–H groups in total. The summed E-state index contributed by atoms with van der Waals surface area (Å²) in [5.74, 6) is -0.235. The molecule has 1 aliphatic rings. The molecule has 1 aliphatic heterocycles. The number of ether oxygens (including phenoxy) is 1. The number of carbonyl (C=O) groups is 2. The van der Waals surface area contributed by atoms with Gasteiger partial charge in [0.05, 0.1) is 29.1 Å². The van der Waals surface area contributed by atoms with Crippen LogP contribution >= 0.6 is 34.2 Å². The lowest BCUT2D eigenvalue weighted by Crippen LogP contribution is -2.35. The summed E-state index contributed by atoms with van der Waals surface area (Å²) in [5, 5.41) is 8.61. The van der Waals surface area contributed by atoms with Gasteiger partial charge >= 0.3 is 6.09 Å². The maximum absolute atomic E-state index is 12.9. The van der Waals surface area contributed by atoms with Crippen LogP contribution in [0.3, 0.4) is 0 Å². The number of nitrogens with one attached hydrogen (secondary N) is 1. The minimum absolute atomic E-state index is 0.235. The fourth-order valence-corrected chi connectivity index (χ4v) is 6.59. The van der Waals surface area contributed by atoms with Crippen LogP contribution in [0, 0.1) is 6.92 Å². The van der Waals surface area contributed by atoms with Gasteiger partial charge in [-0.25, -0.2) is 9.78 Å². The molecule has 1 aromatic carbocycles. The van der Waals surface area contributed by atoms with Crippen molar-refractivity contribution in [2.24, 2.45) is 0 Å². The smallest absolute Gasteiger partial charge is 0.410 e. The van der Waals surface area contributed by atoms with E-state index >= 15 is 0 Å². The highest BCUT2D eigenvalue weighted by molar-refractivity contribution is 7.23. The molecule has 4 aromatic rings. The van der Waals surface area contributed by atoms with Crippen LogP contribution in [0.5, 0.6) is 0 Å². The zero-order valence-electron chi connectivity index (χ0n) is 17.4. The predicted octanol–water partition coefficient (Wildman–Crippen LogP) is 4.95. The minimum atomic E-state index is -0.315. The van der Waals surface area contributed by atoms with Gasteiger partial charge in [0.15, 0.2) is 0 Å². The van der Waals surface area contributed by atoms with Crippen LogP contribution in [0.1, 0.15) is 32.7 Å². The third kappa shape index (κ3) is 3.76. The number of rotatable bonds is 4. The summed E-state index contributed by atoms with van der Waals surface area (Å²) in [5.41, 5.74) is 3.60. The molecule has 2 amide bonds. The molecule has 0 radical (unpaired) electrons. The number of para-hydroxylation sites is 1. The molecule has 8 nitrogen and oxygen atoms in total. The van der Waals surface area contributed by atoms with Gasteiger partial charge in [0.25, 0.3) is 5.91 Å². The van der Waals surface area contributed by atoms with E-state index in [-0.39, 0.29) is 12.0 Å². The highest BCUT2D eigenvalue weighted by Gasteiger charge is 2.30. The monoisotopic (exact) mass is 485 g/mol. The molecule has 0 spiro atoms. The van der Waals surface area contributed by atoms with Gasteiger partial charge in [-0.15, -0.1) is 27.8 Å². The Balaban J connectivity index is 1.56. The Labute approximate surface area is 196 Å². The van der Waals surface area contributed by atoms with E-state index in [1.54, 1.807) is 30.1 Å². The lowest BCUT2D eigenvalue weighted by Gasteiger charge is -2.26. The van der Waals surface area contributed by atoms with Gasteiger partial charge in [-0.3, -0.25) is 4.79 Å². The van der Waals surface area contributed by atoms with E-state index in [2.05, 4.69) is 14.9 Å². The third-order valence-corrected chi connectivity index (χ3v) is 8.19. The normalized spacial score (nSPS) is 13.2. The van der Waals surface area contributed by atoms with Crippen molar-refractivity contribution in [2.75, 3.05) is 18.5 Å². The van der Waals surface area contributed by atoms with Crippen LogP contribution in [0.25, 0.3) is 20.8 Å². The molecule has 32 heavy (non-hydrogen) atoms. The number of nitrogens with zero attached hydrogens (tertiary/aromatic N) is 4. The molecule has 164 valence electrons. The average molecular weight is 486 g/mol. The second kappa shape index (κ2) is 8.57.